The Morgan fingerprint density at radius 1 is 0.754 bits per heavy atom. The summed E-state index contributed by atoms with van der Waals surface area (Å²) in [6, 6.07) is 48.0. The zero-order valence-corrected chi connectivity index (χ0v) is 35.0. The first-order valence-corrected chi connectivity index (χ1v) is 20.8. The third-order valence-corrected chi connectivity index (χ3v) is 11.0. The quantitative estimate of drug-likeness (QED) is 0.0526. The number of carbonyl (C=O) groups is 2. The van der Waals surface area contributed by atoms with Gasteiger partial charge in [-0.15, -0.1) is 11.6 Å². The van der Waals surface area contributed by atoms with Gasteiger partial charge < -0.3 is 14.2 Å². The number of esters is 1. The van der Waals surface area contributed by atoms with Gasteiger partial charge in [0.05, 0.1) is 35.7 Å². The molecule has 0 radical (unpaired) electrons. The van der Waals surface area contributed by atoms with Gasteiger partial charge >= 0.3 is 5.97 Å². The maximum Gasteiger partial charge on any atom is 0.316 e. The lowest BCUT2D eigenvalue weighted by atomic mass is 9.75. The predicted molar refractivity (Wildman–Crippen MR) is 235 cm³/mol. The lowest BCUT2D eigenvalue weighted by molar-refractivity contribution is -0.143. The van der Waals surface area contributed by atoms with Crippen LogP contribution in [-0.2, 0) is 32.9 Å². The van der Waals surface area contributed by atoms with Crippen LogP contribution in [0.5, 0.6) is 11.6 Å². The molecule has 5 aromatic carbocycles. The number of alkyl halides is 1. The second kappa shape index (κ2) is 18.1. The number of aromatic nitrogens is 4. The minimum absolute atomic E-state index is 0.0587. The highest BCUT2D eigenvalue weighted by Gasteiger charge is 2.46. The maximum absolute atomic E-state index is 13.4. The van der Waals surface area contributed by atoms with E-state index in [1.807, 2.05) is 65.2 Å². The molecule has 7 aromatic rings. The number of fused-ring (bicyclic) bond motifs is 1. The number of nitrogens with one attached hydrogen (secondary N) is 1. The van der Waals surface area contributed by atoms with E-state index in [1.54, 1.807) is 39.2 Å². The number of hydrogen-bond acceptors (Lipinski definition) is 9. The van der Waals surface area contributed by atoms with Crippen molar-refractivity contribution in [1.29, 1.82) is 0 Å². The van der Waals surface area contributed by atoms with Gasteiger partial charge in [0.25, 0.3) is 0 Å². The minimum Gasteiger partial charge on any atom is -0.471 e. The summed E-state index contributed by atoms with van der Waals surface area (Å²) in [4.78, 5) is 42.6. The Bertz CT molecular complexity index is 2470. The number of ether oxygens (including phenoxy) is 3. The van der Waals surface area contributed by atoms with E-state index in [-0.39, 0.29) is 48.7 Å². The Hall–Kier alpha value is -6.40. The Morgan fingerprint density at radius 3 is 1.89 bits per heavy atom. The number of morpholine rings is 1. The van der Waals surface area contributed by atoms with Crippen LogP contribution in [0, 0.1) is 5.41 Å². The van der Waals surface area contributed by atoms with E-state index < -0.39 is 17.2 Å². The second-order valence-corrected chi connectivity index (χ2v) is 16.3. The highest BCUT2D eigenvalue weighted by atomic mass is 35.5. The summed E-state index contributed by atoms with van der Waals surface area (Å²) in [7, 11) is 0. The van der Waals surface area contributed by atoms with Crippen LogP contribution in [0.1, 0.15) is 54.8 Å². The highest BCUT2D eigenvalue weighted by Crippen LogP contribution is 2.45. The fourth-order valence-electron chi connectivity index (χ4n) is 7.69. The van der Waals surface area contributed by atoms with Crippen LogP contribution in [0.25, 0.3) is 11.2 Å². The van der Waals surface area contributed by atoms with Crippen LogP contribution in [0.4, 0.5) is 5.95 Å². The molecule has 1 aliphatic heterocycles. The molecule has 1 N–H and O–H groups in total. The van der Waals surface area contributed by atoms with Gasteiger partial charge in [0.1, 0.15) is 18.6 Å². The smallest absolute Gasteiger partial charge is 0.316 e. The number of anilines is 1. The maximum atomic E-state index is 13.4. The van der Waals surface area contributed by atoms with Crippen molar-refractivity contribution in [3.05, 3.63) is 180 Å². The van der Waals surface area contributed by atoms with Crippen LogP contribution < -0.4 is 14.8 Å². The average Bonchev–Trinajstić information content (AvgIpc) is 3.71. The Kier molecular flexibility index (Phi) is 12.2. The highest BCUT2D eigenvalue weighted by molar-refractivity contribution is 6.18. The number of halogens is 1. The van der Waals surface area contributed by atoms with Crippen molar-refractivity contribution in [3.8, 4) is 11.6 Å². The molecule has 1 fully saturated rings. The summed E-state index contributed by atoms with van der Waals surface area (Å²) in [5.41, 5.74) is 4.36. The zero-order valence-electron chi connectivity index (χ0n) is 34.3. The molecule has 1 saturated heterocycles. The van der Waals surface area contributed by atoms with Crippen LogP contribution in [0.15, 0.2) is 152 Å². The van der Waals surface area contributed by atoms with Crippen molar-refractivity contribution in [2.75, 3.05) is 24.3 Å². The van der Waals surface area contributed by atoms with E-state index in [0.717, 1.165) is 27.8 Å². The fourth-order valence-corrected chi connectivity index (χ4v) is 7.86. The second-order valence-electron chi connectivity index (χ2n) is 16.0. The first-order chi connectivity index (χ1) is 29.6. The van der Waals surface area contributed by atoms with Gasteiger partial charge in [-0.05, 0) is 60.7 Å². The summed E-state index contributed by atoms with van der Waals surface area (Å²) in [5, 5.41) is 2.89. The molecule has 61 heavy (non-hydrogen) atoms. The van der Waals surface area contributed by atoms with E-state index >= 15 is 0 Å². The molecule has 2 atom stereocenters. The van der Waals surface area contributed by atoms with Crippen LogP contribution in [0.2, 0.25) is 0 Å². The fraction of sp³-hybridized carbons (Fsp3) is 0.245. The van der Waals surface area contributed by atoms with Crippen molar-refractivity contribution in [3.63, 3.8) is 0 Å². The van der Waals surface area contributed by atoms with E-state index in [1.165, 1.54) is 0 Å². The molecule has 11 nitrogen and oxygen atoms in total. The number of imidazole rings is 1. The molecule has 310 valence electrons. The monoisotopic (exact) mass is 834 g/mol. The van der Waals surface area contributed by atoms with Crippen molar-refractivity contribution in [2.45, 2.75) is 51.7 Å². The molecule has 8 rings (SSSR count). The van der Waals surface area contributed by atoms with Crippen molar-refractivity contribution in [2.24, 2.45) is 5.41 Å². The SMILES string of the molecule is CC(C)(C)C(=O)Oc1ccc(COc2nc(NC(=O)Cc3ccccc3)nc3c2ncn3C2CN(C(c3ccccc3)(c3ccccc3)c3ccccc3)CC(CCl)O2)cc1. The Morgan fingerprint density at radius 2 is 1.33 bits per heavy atom. The van der Waals surface area contributed by atoms with Crippen molar-refractivity contribution >= 4 is 40.6 Å². The van der Waals surface area contributed by atoms with Gasteiger partial charge in [-0.2, -0.15) is 9.97 Å². The van der Waals surface area contributed by atoms with Gasteiger partial charge in [-0.25, -0.2) is 4.98 Å². The summed E-state index contributed by atoms with van der Waals surface area (Å²) in [5.74, 6) is 0.295. The standard InChI is InChI=1S/C49H47ClN6O5/c1-48(2,3)46(58)61-39-26-24-35(25-27-39)32-59-45-43-44(53-47(54-45)52-41(57)28-34-16-8-4-9-17-34)56(33-51-43)42-31-55(30-40(29-50)60-42)49(36-18-10-5-11-19-36,37-20-12-6-13-21-37)38-22-14-7-15-23-38/h4-27,33,40,42H,28-32H2,1-3H3,(H,52,53,54,57). The third kappa shape index (κ3) is 9.05. The molecule has 2 unspecified atom stereocenters. The number of hydrogen-bond donors (Lipinski definition) is 1. The molecular formula is C49H47ClN6O5. The third-order valence-electron chi connectivity index (χ3n) is 10.7. The van der Waals surface area contributed by atoms with Crippen LogP contribution >= 0.6 is 11.6 Å². The average molecular weight is 835 g/mol. The van der Waals surface area contributed by atoms with Crippen molar-refractivity contribution in [1.82, 2.24) is 24.4 Å². The summed E-state index contributed by atoms with van der Waals surface area (Å²) in [6.07, 6.45) is 0.815. The normalized spacial score (nSPS) is 15.9. The molecule has 12 heteroatoms. The molecule has 2 aromatic heterocycles. The number of benzene rings is 5. The van der Waals surface area contributed by atoms with Gasteiger partial charge in [0.15, 0.2) is 11.2 Å². The topological polar surface area (TPSA) is 121 Å². The predicted octanol–water partition coefficient (Wildman–Crippen LogP) is 8.97. The molecule has 0 saturated carbocycles. The van der Waals surface area contributed by atoms with E-state index in [9.17, 15) is 9.59 Å². The first-order valence-electron chi connectivity index (χ1n) is 20.3. The van der Waals surface area contributed by atoms with E-state index in [2.05, 4.69) is 88.0 Å². The molecule has 0 spiro atoms. The molecule has 0 aliphatic carbocycles. The number of carbonyl (C=O) groups excluding carboxylic acids is 2. The Balaban J connectivity index is 1.17. The van der Waals surface area contributed by atoms with Gasteiger partial charge in [-0.1, -0.05) is 133 Å². The molecule has 0 bridgehead atoms. The number of rotatable bonds is 13. The number of amides is 1. The van der Waals surface area contributed by atoms with Gasteiger partial charge in [-0.3, -0.25) is 24.4 Å². The molecular weight excluding hydrogens is 788 g/mol. The zero-order chi connectivity index (χ0) is 42.4. The van der Waals surface area contributed by atoms with Gasteiger partial charge in [0, 0.05) is 13.1 Å². The lowest BCUT2D eigenvalue weighted by Gasteiger charge is -2.50. The van der Waals surface area contributed by atoms with Gasteiger partial charge in [0.2, 0.25) is 17.7 Å². The minimum atomic E-state index is -0.729. The van der Waals surface area contributed by atoms with E-state index in [4.69, 9.17) is 35.8 Å². The molecule has 3 heterocycles. The summed E-state index contributed by atoms with van der Waals surface area (Å²) >= 11 is 6.71. The summed E-state index contributed by atoms with van der Waals surface area (Å²) in [6.45, 7) is 6.47. The van der Waals surface area contributed by atoms with Crippen molar-refractivity contribution < 1.29 is 23.8 Å². The number of nitrogens with zero attached hydrogens (tertiary/aromatic N) is 5. The summed E-state index contributed by atoms with van der Waals surface area (Å²) < 4.78 is 20.5. The largest absolute Gasteiger partial charge is 0.471 e. The van der Waals surface area contributed by atoms with Crippen LogP contribution in [0.3, 0.4) is 0 Å². The lowest BCUT2D eigenvalue weighted by Crippen LogP contribution is -2.57. The molecule has 1 amide bonds. The van der Waals surface area contributed by atoms with E-state index in [0.29, 0.717) is 30.0 Å². The first kappa shape index (κ1) is 41.3. The molecule has 1 aliphatic rings. The van der Waals surface area contributed by atoms with Crippen LogP contribution in [-0.4, -0.2) is 61.4 Å². The Labute approximate surface area is 360 Å².